The van der Waals surface area contributed by atoms with Crippen LogP contribution in [0, 0.1) is 0 Å². The first-order valence-corrected chi connectivity index (χ1v) is 5.79. The molecule has 0 aromatic rings. The van der Waals surface area contributed by atoms with Gasteiger partial charge in [0.15, 0.2) is 12.1 Å². The van der Waals surface area contributed by atoms with Gasteiger partial charge in [-0.15, -0.1) is 6.58 Å². The fraction of sp³-hybridized carbons (Fsp3) is 0.833. The summed E-state index contributed by atoms with van der Waals surface area (Å²) in [4.78, 5) is 0. The summed E-state index contributed by atoms with van der Waals surface area (Å²) in [6.45, 7) is 9.57. The molecule has 1 N–H and O–H groups in total. The highest BCUT2D eigenvalue weighted by atomic mass is 16.8. The Labute approximate surface area is 101 Å². The second-order valence-electron chi connectivity index (χ2n) is 5.10. The average Bonchev–Trinajstić information content (AvgIpc) is 2.47. The van der Waals surface area contributed by atoms with E-state index >= 15 is 0 Å². The zero-order valence-corrected chi connectivity index (χ0v) is 10.5. The van der Waals surface area contributed by atoms with Crippen molar-refractivity contribution in [3.8, 4) is 0 Å². The van der Waals surface area contributed by atoms with Gasteiger partial charge in [0.05, 0.1) is 13.2 Å². The molecular formula is C12H20O5. The predicted octanol–water partition coefficient (Wildman–Crippen LogP) is 0.816. The van der Waals surface area contributed by atoms with Gasteiger partial charge in [0.2, 0.25) is 0 Å². The Morgan fingerprint density at radius 2 is 2.18 bits per heavy atom. The predicted molar refractivity (Wildman–Crippen MR) is 60.3 cm³/mol. The smallest absolute Gasteiger partial charge is 0.189 e. The Balaban J connectivity index is 2.10. The zero-order valence-electron chi connectivity index (χ0n) is 10.5. The lowest BCUT2D eigenvalue weighted by Gasteiger charge is -2.40. The highest BCUT2D eigenvalue weighted by Gasteiger charge is 2.58. The van der Waals surface area contributed by atoms with Gasteiger partial charge in [-0.1, -0.05) is 6.08 Å². The third-order valence-electron chi connectivity index (χ3n) is 3.06. The molecule has 2 saturated heterocycles. The van der Waals surface area contributed by atoms with E-state index in [9.17, 15) is 5.11 Å². The van der Waals surface area contributed by atoms with Crippen LogP contribution < -0.4 is 0 Å². The molecule has 0 aromatic heterocycles. The van der Waals surface area contributed by atoms with Crippen LogP contribution in [0.1, 0.15) is 20.8 Å². The number of ether oxygens (including phenoxy) is 4. The molecule has 0 unspecified atom stereocenters. The van der Waals surface area contributed by atoms with Crippen LogP contribution in [0.4, 0.5) is 0 Å². The second kappa shape index (κ2) is 4.33. The first-order valence-electron chi connectivity index (χ1n) is 5.79. The van der Waals surface area contributed by atoms with Gasteiger partial charge in [-0.2, -0.15) is 0 Å². The fourth-order valence-electron chi connectivity index (χ4n) is 2.19. The van der Waals surface area contributed by atoms with Crippen LogP contribution >= 0.6 is 0 Å². The molecule has 0 saturated carbocycles. The van der Waals surface area contributed by atoms with Crippen molar-refractivity contribution < 1.29 is 24.1 Å². The largest absolute Gasteiger partial charge is 0.382 e. The number of hydrogen-bond donors (Lipinski definition) is 1. The summed E-state index contributed by atoms with van der Waals surface area (Å²) in [5.74, 6) is -0.707. The van der Waals surface area contributed by atoms with E-state index in [1.165, 1.54) is 0 Å². The van der Waals surface area contributed by atoms with Crippen LogP contribution in [-0.4, -0.2) is 48.2 Å². The van der Waals surface area contributed by atoms with Gasteiger partial charge >= 0.3 is 0 Å². The van der Waals surface area contributed by atoms with E-state index in [0.717, 1.165) is 0 Å². The average molecular weight is 244 g/mol. The summed E-state index contributed by atoms with van der Waals surface area (Å²) in [7, 11) is 0. The minimum Gasteiger partial charge on any atom is -0.382 e. The third kappa shape index (κ3) is 2.39. The van der Waals surface area contributed by atoms with Crippen LogP contribution in [-0.2, 0) is 18.9 Å². The van der Waals surface area contributed by atoms with Gasteiger partial charge in [0, 0.05) is 0 Å². The van der Waals surface area contributed by atoms with Gasteiger partial charge < -0.3 is 24.1 Å². The number of hydrogen-bond acceptors (Lipinski definition) is 5. The molecule has 4 atom stereocenters. The maximum Gasteiger partial charge on any atom is 0.189 e. The molecule has 98 valence electrons. The zero-order chi connectivity index (χ0) is 12.7. The molecule has 2 heterocycles. The first-order chi connectivity index (χ1) is 7.87. The van der Waals surface area contributed by atoms with Crippen molar-refractivity contribution in [2.45, 2.75) is 50.7 Å². The molecule has 0 amide bonds. The van der Waals surface area contributed by atoms with Crippen LogP contribution in [0.15, 0.2) is 12.7 Å². The van der Waals surface area contributed by atoms with Crippen molar-refractivity contribution in [2.24, 2.45) is 0 Å². The minimum absolute atomic E-state index is 0.298. The molecule has 0 bridgehead atoms. The Morgan fingerprint density at radius 3 is 2.82 bits per heavy atom. The molecule has 2 fully saturated rings. The standard InChI is InChI=1S/C12H20O5/c1-5-6-14-10-12(4,13)9-8(16-10)7-15-11(2,3)17-9/h5,8-10,13H,1,6-7H2,2-4H3/t8-,9+,10+,12+/m1/s1. The van der Waals surface area contributed by atoms with Crippen LogP contribution in [0.25, 0.3) is 0 Å². The summed E-state index contributed by atoms with van der Waals surface area (Å²) < 4.78 is 22.2. The Bertz CT molecular complexity index is 299. The molecule has 0 aliphatic carbocycles. The van der Waals surface area contributed by atoms with E-state index in [-0.39, 0.29) is 6.10 Å². The maximum absolute atomic E-state index is 10.4. The second-order valence-corrected chi connectivity index (χ2v) is 5.10. The molecule has 0 radical (unpaired) electrons. The van der Waals surface area contributed by atoms with Crippen molar-refractivity contribution in [1.82, 2.24) is 0 Å². The summed E-state index contributed by atoms with van der Waals surface area (Å²) >= 11 is 0. The van der Waals surface area contributed by atoms with Crippen LogP contribution in [0.2, 0.25) is 0 Å². The molecule has 2 rings (SSSR count). The van der Waals surface area contributed by atoms with E-state index in [4.69, 9.17) is 18.9 Å². The van der Waals surface area contributed by atoms with Crippen molar-refractivity contribution in [3.05, 3.63) is 12.7 Å². The molecule has 5 heteroatoms. The molecule has 0 aromatic carbocycles. The van der Waals surface area contributed by atoms with E-state index in [0.29, 0.717) is 13.2 Å². The monoisotopic (exact) mass is 244 g/mol. The molecule has 0 spiro atoms. The first kappa shape index (κ1) is 13.0. The van der Waals surface area contributed by atoms with Crippen molar-refractivity contribution in [2.75, 3.05) is 13.2 Å². The van der Waals surface area contributed by atoms with E-state index in [1.807, 2.05) is 13.8 Å². The quantitative estimate of drug-likeness (QED) is 0.745. The molecule has 17 heavy (non-hydrogen) atoms. The van der Waals surface area contributed by atoms with Crippen molar-refractivity contribution in [1.29, 1.82) is 0 Å². The minimum atomic E-state index is -1.19. The summed E-state index contributed by atoms with van der Waals surface area (Å²) in [6, 6.07) is 0. The number of aliphatic hydroxyl groups is 1. The Hall–Kier alpha value is -0.460. The van der Waals surface area contributed by atoms with Gasteiger partial charge in [-0.3, -0.25) is 0 Å². The summed E-state index contributed by atoms with van der Waals surface area (Å²) in [5, 5.41) is 10.4. The lowest BCUT2D eigenvalue weighted by Crippen LogP contribution is -2.55. The third-order valence-corrected chi connectivity index (χ3v) is 3.06. The molecule has 5 nitrogen and oxygen atoms in total. The van der Waals surface area contributed by atoms with Gasteiger partial charge in [-0.05, 0) is 20.8 Å². The van der Waals surface area contributed by atoms with E-state index in [2.05, 4.69) is 6.58 Å². The van der Waals surface area contributed by atoms with Gasteiger partial charge in [0.1, 0.15) is 17.8 Å². The fourth-order valence-corrected chi connectivity index (χ4v) is 2.19. The number of fused-ring (bicyclic) bond motifs is 1. The molecule has 2 aliphatic rings. The SMILES string of the molecule is C=CCO[C@H]1O[C@@H]2COC(C)(C)O[C@@H]2[C@]1(C)O. The lowest BCUT2D eigenvalue weighted by molar-refractivity contribution is -0.307. The van der Waals surface area contributed by atoms with Crippen molar-refractivity contribution >= 4 is 0 Å². The summed E-state index contributed by atoms with van der Waals surface area (Å²) in [5.41, 5.74) is -1.19. The maximum atomic E-state index is 10.4. The Kier molecular flexibility index (Phi) is 3.31. The topological polar surface area (TPSA) is 57.2 Å². The van der Waals surface area contributed by atoms with Gasteiger partial charge in [0.25, 0.3) is 0 Å². The van der Waals surface area contributed by atoms with Crippen LogP contribution in [0.3, 0.4) is 0 Å². The lowest BCUT2D eigenvalue weighted by atomic mass is 9.96. The van der Waals surface area contributed by atoms with E-state index < -0.39 is 23.8 Å². The highest BCUT2D eigenvalue weighted by molar-refractivity contribution is 5.01. The Morgan fingerprint density at radius 1 is 1.47 bits per heavy atom. The molecular weight excluding hydrogens is 224 g/mol. The normalized spacial score (nSPS) is 44.4. The summed E-state index contributed by atoms with van der Waals surface area (Å²) in [6.07, 6.45) is 0.157. The van der Waals surface area contributed by atoms with E-state index in [1.54, 1.807) is 13.0 Å². The number of rotatable bonds is 3. The van der Waals surface area contributed by atoms with Gasteiger partial charge in [-0.25, -0.2) is 0 Å². The van der Waals surface area contributed by atoms with Crippen molar-refractivity contribution in [3.63, 3.8) is 0 Å². The molecule has 2 aliphatic heterocycles. The highest BCUT2D eigenvalue weighted by Crippen LogP contribution is 2.39. The van der Waals surface area contributed by atoms with Crippen LogP contribution in [0.5, 0.6) is 0 Å².